The van der Waals surface area contributed by atoms with Crippen LogP contribution in [0.2, 0.25) is 0 Å². The Balaban J connectivity index is 1.65. The summed E-state index contributed by atoms with van der Waals surface area (Å²) in [6.07, 6.45) is -1.01. The van der Waals surface area contributed by atoms with Gasteiger partial charge >= 0.3 is 0 Å². The lowest BCUT2D eigenvalue weighted by molar-refractivity contribution is -0.122. The fraction of sp³-hybridized carbons (Fsp3) is 0.0909. The second-order valence-electron chi connectivity index (χ2n) is 6.19. The SMILES string of the molecule is C[C@H](Oc1ccc(-c2ccc(C#N)cc2)cc1)C(=O)Nc1ccc(F)c(F)c1F. The third-order valence-corrected chi connectivity index (χ3v) is 4.18. The monoisotopic (exact) mass is 396 g/mol. The molecule has 1 amide bonds. The molecule has 1 atom stereocenters. The van der Waals surface area contributed by atoms with Crippen molar-refractivity contribution >= 4 is 11.6 Å². The number of anilines is 1. The molecule has 0 bridgehead atoms. The highest BCUT2D eigenvalue weighted by molar-refractivity contribution is 5.94. The number of hydrogen-bond acceptors (Lipinski definition) is 3. The van der Waals surface area contributed by atoms with Crippen LogP contribution in [0, 0.1) is 28.8 Å². The van der Waals surface area contributed by atoms with Gasteiger partial charge in [-0.1, -0.05) is 24.3 Å². The minimum atomic E-state index is -1.66. The molecule has 3 aromatic rings. The van der Waals surface area contributed by atoms with Crippen molar-refractivity contribution in [3.8, 4) is 22.9 Å². The Labute approximate surface area is 165 Å². The van der Waals surface area contributed by atoms with E-state index in [0.717, 1.165) is 23.3 Å². The summed E-state index contributed by atoms with van der Waals surface area (Å²) in [4.78, 5) is 12.2. The minimum Gasteiger partial charge on any atom is -0.481 e. The maximum atomic E-state index is 13.7. The lowest BCUT2D eigenvalue weighted by Gasteiger charge is -2.15. The molecular formula is C22H15F3N2O2. The van der Waals surface area contributed by atoms with E-state index in [9.17, 15) is 18.0 Å². The van der Waals surface area contributed by atoms with Crippen LogP contribution in [0.4, 0.5) is 18.9 Å². The zero-order valence-corrected chi connectivity index (χ0v) is 15.2. The molecule has 0 aromatic heterocycles. The van der Waals surface area contributed by atoms with Gasteiger partial charge in [0.25, 0.3) is 5.91 Å². The zero-order chi connectivity index (χ0) is 21.0. The summed E-state index contributed by atoms with van der Waals surface area (Å²) < 4.78 is 45.4. The van der Waals surface area contributed by atoms with E-state index >= 15 is 0 Å². The van der Waals surface area contributed by atoms with Crippen LogP contribution in [0.5, 0.6) is 5.75 Å². The normalized spacial score (nSPS) is 11.4. The van der Waals surface area contributed by atoms with E-state index in [4.69, 9.17) is 10.00 Å². The molecule has 3 rings (SSSR count). The average molecular weight is 396 g/mol. The molecule has 29 heavy (non-hydrogen) atoms. The Hall–Kier alpha value is -3.79. The predicted octanol–water partition coefficient (Wildman–Crippen LogP) is 5.05. The number of benzene rings is 3. The van der Waals surface area contributed by atoms with Crippen LogP contribution in [-0.2, 0) is 4.79 Å². The van der Waals surface area contributed by atoms with E-state index in [1.165, 1.54) is 6.92 Å². The van der Waals surface area contributed by atoms with Crippen molar-refractivity contribution in [1.82, 2.24) is 0 Å². The smallest absolute Gasteiger partial charge is 0.265 e. The van der Waals surface area contributed by atoms with Crippen molar-refractivity contribution in [3.63, 3.8) is 0 Å². The van der Waals surface area contributed by atoms with Gasteiger partial charge in [0.05, 0.1) is 17.3 Å². The van der Waals surface area contributed by atoms with Crippen LogP contribution in [0.1, 0.15) is 12.5 Å². The van der Waals surface area contributed by atoms with Gasteiger partial charge in [-0.2, -0.15) is 5.26 Å². The standard InChI is InChI=1S/C22H15F3N2O2/c1-13(22(28)27-19-11-10-18(23)20(24)21(19)25)29-17-8-6-16(7-9-17)15-4-2-14(12-26)3-5-15/h2-11,13H,1H3,(H,27,28)/t13-/m0/s1. The van der Waals surface area contributed by atoms with E-state index in [2.05, 4.69) is 11.4 Å². The lowest BCUT2D eigenvalue weighted by Crippen LogP contribution is -2.30. The summed E-state index contributed by atoms with van der Waals surface area (Å²) in [6.45, 7) is 1.45. The molecule has 0 heterocycles. The highest BCUT2D eigenvalue weighted by atomic mass is 19.2. The van der Waals surface area contributed by atoms with Gasteiger partial charge in [-0.05, 0) is 54.4 Å². The number of amides is 1. The van der Waals surface area contributed by atoms with Gasteiger partial charge in [-0.25, -0.2) is 13.2 Å². The molecule has 0 fully saturated rings. The molecule has 7 heteroatoms. The Morgan fingerprint density at radius 3 is 2.10 bits per heavy atom. The molecule has 0 unspecified atom stereocenters. The van der Waals surface area contributed by atoms with E-state index in [1.54, 1.807) is 36.4 Å². The van der Waals surface area contributed by atoms with Gasteiger partial charge in [0.15, 0.2) is 23.6 Å². The average Bonchev–Trinajstić information content (AvgIpc) is 2.74. The second kappa shape index (κ2) is 8.48. The molecule has 0 aliphatic rings. The van der Waals surface area contributed by atoms with Crippen molar-refractivity contribution in [1.29, 1.82) is 5.26 Å². The van der Waals surface area contributed by atoms with Gasteiger partial charge in [-0.3, -0.25) is 4.79 Å². The Kier molecular flexibility index (Phi) is 5.84. The topological polar surface area (TPSA) is 62.1 Å². The first-order chi connectivity index (χ1) is 13.9. The number of nitrogens with one attached hydrogen (secondary N) is 1. The first-order valence-electron chi connectivity index (χ1n) is 8.60. The second-order valence-corrected chi connectivity index (χ2v) is 6.19. The first-order valence-corrected chi connectivity index (χ1v) is 8.60. The lowest BCUT2D eigenvalue weighted by atomic mass is 10.0. The molecule has 3 aromatic carbocycles. The molecule has 1 N–H and O–H groups in total. The van der Waals surface area contributed by atoms with Crippen LogP contribution < -0.4 is 10.1 Å². The Morgan fingerprint density at radius 2 is 1.52 bits per heavy atom. The van der Waals surface area contributed by atoms with E-state index in [-0.39, 0.29) is 0 Å². The van der Waals surface area contributed by atoms with Crippen LogP contribution in [0.15, 0.2) is 60.7 Å². The van der Waals surface area contributed by atoms with Crippen molar-refractivity contribution in [2.45, 2.75) is 13.0 Å². The number of halogens is 3. The largest absolute Gasteiger partial charge is 0.481 e. The number of ether oxygens (including phenoxy) is 1. The van der Waals surface area contributed by atoms with E-state index in [1.807, 2.05) is 12.1 Å². The maximum Gasteiger partial charge on any atom is 0.265 e. The van der Waals surface area contributed by atoms with Gasteiger partial charge in [0.1, 0.15) is 5.75 Å². The van der Waals surface area contributed by atoms with Crippen molar-refractivity contribution in [2.75, 3.05) is 5.32 Å². The number of carbonyl (C=O) groups is 1. The third kappa shape index (κ3) is 4.55. The maximum absolute atomic E-state index is 13.7. The summed E-state index contributed by atoms with van der Waals surface area (Å²) in [5, 5.41) is 11.0. The number of carbonyl (C=O) groups excluding carboxylic acids is 1. The Bertz CT molecular complexity index is 1070. The van der Waals surface area contributed by atoms with Crippen LogP contribution >= 0.6 is 0 Å². The minimum absolute atomic E-state index is 0.399. The predicted molar refractivity (Wildman–Crippen MR) is 102 cm³/mol. The number of rotatable bonds is 5. The molecule has 0 radical (unpaired) electrons. The summed E-state index contributed by atoms with van der Waals surface area (Å²) in [5.74, 6) is -4.79. The number of nitriles is 1. The number of nitrogens with zero attached hydrogens (tertiary/aromatic N) is 1. The van der Waals surface area contributed by atoms with E-state index in [0.29, 0.717) is 11.3 Å². The summed E-state index contributed by atoms with van der Waals surface area (Å²) in [7, 11) is 0. The molecule has 0 aliphatic carbocycles. The van der Waals surface area contributed by atoms with Crippen LogP contribution in [0.25, 0.3) is 11.1 Å². The fourth-order valence-corrected chi connectivity index (χ4v) is 2.58. The molecule has 146 valence electrons. The molecule has 0 spiro atoms. The molecule has 0 aliphatic heterocycles. The Morgan fingerprint density at radius 1 is 0.931 bits per heavy atom. The number of hydrogen-bond donors (Lipinski definition) is 1. The van der Waals surface area contributed by atoms with E-state index < -0.39 is 35.2 Å². The van der Waals surface area contributed by atoms with Crippen molar-refractivity contribution in [2.24, 2.45) is 0 Å². The fourth-order valence-electron chi connectivity index (χ4n) is 2.58. The summed E-state index contributed by atoms with van der Waals surface area (Å²) in [5.41, 5.74) is 1.89. The zero-order valence-electron chi connectivity index (χ0n) is 15.2. The van der Waals surface area contributed by atoms with Crippen molar-refractivity contribution in [3.05, 3.63) is 83.7 Å². The third-order valence-electron chi connectivity index (χ3n) is 4.18. The van der Waals surface area contributed by atoms with Gasteiger partial charge in [0.2, 0.25) is 0 Å². The van der Waals surface area contributed by atoms with Crippen LogP contribution in [-0.4, -0.2) is 12.0 Å². The molecule has 0 saturated carbocycles. The van der Waals surface area contributed by atoms with Gasteiger partial charge < -0.3 is 10.1 Å². The quantitative estimate of drug-likeness (QED) is 0.614. The van der Waals surface area contributed by atoms with Gasteiger partial charge in [-0.15, -0.1) is 0 Å². The van der Waals surface area contributed by atoms with Crippen LogP contribution in [0.3, 0.4) is 0 Å². The highest BCUT2D eigenvalue weighted by Crippen LogP contribution is 2.24. The summed E-state index contributed by atoms with van der Waals surface area (Å²) in [6, 6.07) is 17.7. The summed E-state index contributed by atoms with van der Waals surface area (Å²) >= 11 is 0. The first kappa shape index (κ1) is 20.0. The molecule has 4 nitrogen and oxygen atoms in total. The van der Waals surface area contributed by atoms with Gasteiger partial charge in [0, 0.05) is 0 Å². The molecular weight excluding hydrogens is 381 g/mol. The molecule has 0 saturated heterocycles. The highest BCUT2D eigenvalue weighted by Gasteiger charge is 2.19. The van der Waals surface area contributed by atoms with Crippen molar-refractivity contribution < 1.29 is 22.7 Å².